The summed E-state index contributed by atoms with van der Waals surface area (Å²) in [5, 5.41) is 12.3. The molecule has 1 N–H and O–H groups in total. The molecule has 0 unspecified atom stereocenters. The van der Waals surface area contributed by atoms with E-state index in [-0.39, 0.29) is 0 Å². The van der Waals surface area contributed by atoms with Gasteiger partial charge in [-0.3, -0.25) is 9.78 Å². The van der Waals surface area contributed by atoms with Crippen LogP contribution in [-0.4, -0.2) is 20.0 Å². The molecule has 2 aromatic rings. The Bertz CT molecular complexity index is 535. The molecule has 4 nitrogen and oxygen atoms in total. The van der Waals surface area contributed by atoms with Gasteiger partial charge in [0.05, 0.1) is 5.69 Å². The number of H-pyrrole nitrogens is 1. The summed E-state index contributed by atoms with van der Waals surface area (Å²) in [6.07, 6.45) is 0.809. The van der Waals surface area contributed by atoms with E-state index < -0.39 is 0 Å². The molecule has 6 heteroatoms. The molecule has 0 aliphatic heterocycles. The second kappa shape index (κ2) is 3.86. The summed E-state index contributed by atoms with van der Waals surface area (Å²) >= 11 is 6.52. The van der Waals surface area contributed by atoms with Crippen LogP contribution in [-0.2, 0) is 13.5 Å². The van der Waals surface area contributed by atoms with Crippen LogP contribution in [0.25, 0.3) is 0 Å². The van der Waals surface area contributed by atoms with Crippen molar-refractivity contribution in [1.29, 1.82) is 0 Å². The van der Waals surface area contributed by atoms with E-state index in [1.165, 1.54) is 22.6 Å². The van der Waals surface area contributed by atoms with Crippen molar-refractivity contribution in [2.24, 2.45) is 7.05 Å². The van der Waals surface area contributed by atoms with Crippen LogP contribution in [0.15, 0.2) is 0 Å². The molecule has 0 fully saturated rings. The third-order valence-corrected chi connectivity index (χ3v) is 3.56. The fourth-order valence-electron chi connectivity index (χ4n) is 1.56. The zero-order valence-corrected chi connectivity index (χ0v) is 10.5. The molecule has 0 amide bonds. The van der Waals surface area contributed by atoms with Gasteiger partial charge in [-0.25, -0.2) is 0 Å². The molecule has 0 aliphatic carbocycles. The molecule has 0 saturated heterocycles. The van der Waals surface area contributed by atoms with E-state index >= 15 is 0 Å². The quantitative estimate of drug-likeness (QED) is 0.818. The summed E-state index contributed by atoms with van der Waals surface area (Å²) in [6.45, 7) is 4.09. The fraction of sp³-hybridized carbons (Fsp3) is 0.444. The first-order valence-corrected chi connectivity index (χ1v) is 5.84. The first kappa shape index (κ1) is 10.5. The highest BCUT2D eigenvalue weighted by molar-refractivity contribution is 7.73. The predicted octanol–water partition coefficient (Wildman–Crippen LogP) is 2.14. The maximum absolute atomic E-state index is 5.00. The fourth-order valence-corrected chi connectivity index (χ4v) is 2.51. The van der Waals surface area contributed by atoms with Crippen molar-refractivity contribution in [3.63, 3.8) is 0 Å². The largest absolute Gasteiger partial charge is 0.272 e. The van der Waals surface area contributed by atoms with Crippen LogP contribution in [0, 0.1) is 17.8 Å². The Hall–Kier alpha value is -1.01. The van der Waals surface area contributed by atoms with Gasteiger partial charge in [0.2, 0.25) is 0 Å². The molecule has 0 saturated carbocycles. The molecule has 2 aromatic heterocycles. The third kappa shape index (κ3) is 2.00. The topological polar surface area (TPSA) is 46.5 Å². The minimum Gasteiger partial charge on any atom is -0.272 e. The van der Waals surface area contributed by atoms with Crippen LogP contribution in [0.2, 0.25) is 0 Å². The predicted molar refractivity (Wildman–Crippen MR) is 62.8 cm³/mol. The van der Waals surface area contributed by atoms with Crippen molar-refractivity contribution in [2.45, 2.75) is 20.3 Å². The summed E-state index contributed by atoms with van der Waals surface area (Å²) in [5.74, 6) is 0. The van der Waals surface area contributed by atoms with Crippen molar-refractivity contribution in [3.05, 3.63) is 25.9 Å². The average Bonchev–Trinajstić information content (AvgIpc) is 2.67. The highest BCUT2D eigenvalue weighted by Gasteiger charge is 2.11. The number of rotatable bonds is 2. The summed E-state index contributed by atoms with van der Waals surface area (Å²) in [4.78, 5) is 0. The van der Waals surface area contributed by atoms with Gasteiger partial charge in [0.15, 0.2) is 3.95 Å². The van der Waals surface area contributed by atoms with Gasteiger partial charge in [0, 0.05) is 24.7 Å². The van der Waals surface area contributed by atoms with E-state index in [1.54, 1.807) is 0 Å². The van der Waals surface area contributed by atoms with Gasteiger partial charge in [-0.2, -0.15) is 10.2 Å². The van der Waals surface area contributed by atoms with Gasteiger partial charge >= 0.3 is 0 Å². The zero-order valence-electron chi connectivity index (χ0n) is 8.87. The van der Waals surface area contributed by atoms with Crippen molar-refractivity contribution < 1.29 is 0 Å². The lowest BCUT2D eigenvalue weighted by atomic mass is 10.1. The molecule has 0 aliphatic rings. The zero-order chi connectivity index (χ0) is 11.0. The number of aryl methyl sites for hydroxylation is 2. The average molecular weight is 240 g/mol. The van der Waals surface area contributed by atoms with E-state index in [1.807, 2.05) is 18.7 Å². The lowest BCUT2D eigenvalue weighted by molar-refractivity contribution is 0.730. The SMILES string of the molecule is Cc1nn(C)c(C)c1Cc1n[nH]c(=S)s1. The monoisotopic (exact) mass is 240 g/mol. The minimum absolute atomic E-state index is 0.726. The van der Waals surface area contributed by atoms with Gasteiger partial charge in [0.25, 0.3) is 0 Å². The van der Waals surface area contributed by atoms with Crippen LogP contribution < -0.4 is 0 Å². The Kier molecular flexibility index (Phi) is 2.70. The number of aromatic amines is 1. The second-order valence-corrected chi connectivity index (χ2v) is 5.21. The molecule has 0 bridgehead atoms. The van der Waals surface area contributed by atoms with Crippen LogP contribution in [0.5, 0.6) is 0 Å². The maximum atomic E-state index is 5.00. The standard InChI is InChI=1S/C9H12N4S2/c1-5-7(6(2)13(3)12-5)4-8-10-11-9(14)15-8/h4H2,1-3H3,(H,11,14). The Morgan fingerprint density at radius 1 is 1.47 bits per heavy atom. The maximum Gasteiger partial charge on any atom is 0.176 e. The summed E-state index contributed by atoms with van der Waals surface area (Å²) in [7, 11) is 1.96. The van der Waals surface area contributed by atoms with E-state index in [0.717, 1.165) is 21.1 Å². The molecule has 2 heterocycles. The lowest BCUT2D eigenvalue weighted by Crippen LogP contribution is -1.94. The normalized spacial score (nSPS) is 10.9. The Labute approximate surface area is 97.0 Å². The van der Waals surface area contributed by atoms with E-state index in [9.17, 15) is 0 Å². The lowest BCUT2D eigenvalue weighted by Gasteiger charge is -1.97. The van der Waals surface area contributed by atoms with Crippen LogP contribution in [0.3, 0.4) is 0 Å². The third-order valence-electron chi connectivity index (χ3n) is 2.47. The Morgan fingerprint density at radius 2 is 2.20 bits per heavy atom. The molecule has 80 valence electrons. The van der Waals surface area contributed by atoms with E-state index in [2.05, 4.69) is 22.2 Å². The number of aromatic nitrogens is 4. The summed E-state index contributed by atoms with van der Waals surface area (Å²) in [6, 6.07) is 0. The summed E-state index contributed by atoms with van der Waals surface area (Å²) in [5.41, 5.74) is 3.50. The van der Waals surface area contributed by atoms with E-state index in [4.69, 9.17) is 12.2 Å². The van der Waals surface area contributed by atoms with Gasteiger partial charge in [-0.05, 0) is 26.1 Å². The Morgan fingerprint density at radius 3 is 2.67 bits per heavy atom. The number of nitrogens with one attached hydrogen (secondary N) is 1. The first-order chi connectivity index (χ1) is 7.08. The molecule has 0 spiro atoms. The van der Waals surface area contributed by atoms with Crippen molar-refractivity contribution in [3.8, 4) is 0 Å². The number of hydrogen-bond donors (Lipinski definition) is 1. The second-order valence-electron chi connectivity index (χ2n) is 3.46. The van der Waals surface area contributed by atoms with Crippen molar-refractivity contribution >= 4 is 23.6 Å². The van der Waals surface area contributed by atoms with Gasteiger partial charge < -0.3 is 0 Å². The van der Waals surface area contributed by atoms with Crippen molar-refractivity contribution in [2.75, 3.05) is 0 Å². The van der Waals surface area contributed by atoms with Gasteiger partial charge in [-0.15, -0.1) is 0 Å². The highest BCUT2D eigenvalue weighted by Crippen LogP contribution is 2.18. The first-order valence-electron chi connectivity index (χ1n) is 4.61. The molecular weight excluding hydrogens is 228 g/mol. The van der Waals surface area contributed by atoms with Crippen LogP contribution in [0.1, 0.15) is 22.0 Å². The van der Waals surface area contributed by atoms with Crippen LogP contribution >= 0.6 is 23.6 Å². The van der Waals surface area contributed by atoms with Crippen LogP contribution in [0.4, 0.5) is 0 Å². The molecular formula is C9H12N4S2. The highest BCUT2D eigenvalue weighted by atomic mass is 32.1. The smallest absolute Gasteiger partial charge is 0.176 e. The molecule has 0 aromatic carbocycles. The van der Waals surface area contributed by atoms with Gasteiger partial charge in [0.1, 0.15) is 5.01 Å². The van der Waals surface area contributed by atoms with E-state index in [0.29, 0.717) is 0 Å². The van der Waals surface area contributed by atoms with Crippen molar-refractivity contribution in [1.82, 2.24) is 20.0 Å². The molecule has 0 radical (unpaired) electrons. The molecule has 0 atom stereocenters. The summed E-state index contributed by atoms with van der Waals surface area (Å²) < 4.78 is 2.63. The number of nitrogens with zero attached hydrogens (tertiary/aromatic N) is 3. The molecule has 2 rings (SSSR count). The minimum atomic E-state index is 0.726. The number of hydrogen-bond acceptors (Lipinski definition) is 4. The van der Waals surface area contributed by atoms with Gasteiger partial charge in [-0.1, -0.05) is 11.3 Å². The Balaban J connectivity index is 2.35. The molecule has 15 heavy (non-hydrogen) atoms.